The summed E-state index contributed by atoms with van der Waals surface area (Å²) in [4.78, 5) is 4.80. The third-order valence-electron chi connectivity index (χ3n) is 3.86. The monoisotopic (exact) mass is 263 g/mol. The summed E-state index contributed by atoms with van der Waals surface area (Å²) in [5.74, 6) is 0. The highest BCUT2D eigenvalue weighted by Crippen LogP contribution is 2.18. The Kier molecular flexibility index (Phi) is 4.80. The molecule has 0 aliphatic carbocycles. The van der Waals surface area contributed by atoms with Gasteiger partial charge in [0, 0.05) is 44.5 Å². The van der Waals surface area contributed by atoms with Crippen LogP contribution >= 0.6 is 0 Å². The van der Waals surface area contributed by atoms with Crippen molar-refractivity contribution in [2.24, 2.45) is 0 Å². The standard InChI is InChI=1S/C15H25N3O/c1-12(2)18-8-6-17(7-9-18)11-15(19)13-4-3-5-14(16)10-13/h3-5,10,12,15,19H,6-9,11,16H2,1-2H3. The third-order valence-corrected chi connectivity index (χ3v) is 3.86. The summed E-state index contributed by atoms with van der Waals surface area (Å²) in [6, 6.07) is 8.14. The molecule has 1 fully saturated rings. The van der Waals surface area contributed by atoms with Crippen LogP contribution in [-0.2, 0) is 0 Å². The van der Waals surface area contributed by atoms with E-state index in [1.54, 1.807) is 0 Å². The second kappa shape index (κ2) is 6.37. The lowest BCUT2D eigenvalue weighted by molar-refractivity contribution is 0.0621. The first-order valence-electron chi connectivity index (χ1n) is 7.06. The van der Waals surface area contributed by atoms with E-state index in [0.29, 0.717) is 18.3 Å². The summed E-state index contributed by atoms with van der Waals surface area (Å²) in [7, 11) is 0. The maximum absolute atomic E-state index is 10.3. The molecule has 1 unspecified atom stereocenters. The first-order chi connectivity index (χ1) is 9.06. The minimum Gasteiger partial charge on any atom is -0.399 e. The summed E-state index contributed by atoms with van der Waals surface area (Å²) >= 11 is 0. The van der Waals surface area contributed by atoms with E-state index < -0.39 is 6.10 Å². The minimum absolute atomic E-state index is 0.450. The van der Waals surface area contributed by atoms with Crippen molar-refractivity contribution >= 4 is 5.69 Å². The summed E-state index contributed by atoms with van der Waals surface area (Å²) in [6.45, 7) is 9.38. The van der Waals surface area contributed by atoms with Crippen LogP contribution in [0.3, 0.4) is 0 Å². The van der Waals surface area contributed by atoms with E-state index in [4.69, 9.17) is 5.73 Å². The molecule has 4 heteroatoms. The summed E-state index contributed by atoms with van der Waals surface area (Å²) < 4.78 is 0. The van der Waals surface area contributed by atoms with Gasteiger partial charge >= 0.3 is 0 Å². The van der Waals surface area contributed by atoms with Crippen molar-refractivity contribution in [2.75, 3.05) is 38.5 Å². The Bertz CT molecular complexity index is 400. The van der Waals surface area contributed by atoms with Crippen molar-refractivity contribution in [1.29, 1.82) is 0 Å². The topological polar surface area (TPSA) is 52.7 Å². The molecule has 1 aromatic rings. The van der Waals surface area contributed by atoms with Crippen LogP contribution in [-0.4, -0.2) is 53.7 Å². The van der Waals surface area contributed by atoms with Crippen LogP contribution in [0, 0.1) is 0 Å². The molecule has 0 bridgehead atoms. The van der Waals surface area contributed by atoms with Crippen LogP contribution in [0.15, 0.2) is 24.3 Å². The SMILES string of the molecule is CC(C)N1CCN(CC(O)c2cccc(N)c2)CC1. The summed E-state index contributed by atoms with van der Waals surface area (Å²) in [6.07, 6.45) is -0.450. The van der Waals surface area contributed by atoms with Crippen LogP contribution in [0.4, 0.5) is 5.69 Å². The van der Waals surface area contributed by atoms with E-state index in [9.17, 15) is 5.11 Å². The second-order valence-electron chi connectivity index (χ2n) is 5.62. The molecule has 1 heterocycles. The van der Waals surface area contributed by atoms with Crippen molar-refractivity contribution in [1.82, 2.24) is 9.80 Å². The van der Waals surface area contributed by atoms with Crippen LogP contribution in [0.1, 0.15) is 25.5 Å². The molecule has 1 aromatic carbocycles. The number of nitrogens with zero attached hydrogens (tertiary/aromatic N) is 2. The molecule has 0 spiro atoms. The van der Waals surface area contributed by atoms with Gasteiger partial charge in [0.05, 0.1) is 6.10 Å². The Morgan fingerprint density at radius 1 is 1.21 bits per heavy atom. The van der Waals surface area contributed by atoms with E-state index in [-0.39, 0.29) is 0 Å². The second-order valence-corrected chi connectivity index (χ2v) is 5.62. The van der Waals surface area contributed by atoms with Gasteiger partial charge in [-0.1, -0.05) is 12.1 Å². The van der Waals surface area contributed by atoms with E-state index in [2.05, 4.69) is 23.6 Å². The fourth-order valence-corrected chi connectivity index (χ4v) is 2.58. The molecule has 1 saturated heterocycles. The molecule has 3 N–H and O–H groups in total. The molecule has 2 rings (SSSR count). The molecule has 0 aromatic heterocycles. The van der Waals surface area contributed by atoms with Crippen LogP contribution in [0.5, 0.6) is 0 Å². The van der Waals surface area contributed by atoms with Gasteiger partial charge in [0.15, 0.2) is 0 Å². The number of β-amino-alcohol motifs (C(OH)–C–C–N with tert-alkyl or cyclic N) is 1. The van der Waals surface area contributed by atoms with Crippen molar-refractivity contribution in [3.8, 4) is 0 Å². The molecule has 0 saturated carbocycles. The summed E-state index contributed by atoms with van der Waals surface area (Å²) in [5.41, 5.74) is 7.37. The number of anilines is 1. The largest absolute Gasteiger partial charge is 0.399 e. The molecule has 1 aliphatic rings. The van der Waals surface area contributed by atoms with E-state index in [1.807, 2.05) is 24.3 Å². The number of nitrogens with two attached hydrogens (primary N) is 1. The average Bonchev–Trinajstić information content (AvgIpc) is 2.39. The number of piperazine rings is 1. The van der Waals surface area contributed by atoms with Gasteiger partial charge in [0.2, 0.25) is 0 Å². The zero-order valence-corrected chi connectivity index (χ0v) is 11.9. The number of nitrogen functional groups attached to an aromatic ring is 1. The Labute approximate surface area is 115 Å². The van der Waals surface area contributed by atoms with Gasteiger partial charge < -0.3 is 10.8 Å². The van der Waals surface area contributed by atoms with Crippen molar-refractivity contribution < 1.29 is 5.11 Å². The maximum Gasteiger partial charge on any atom is 0.0917 e. The Morgan fingerprint density at radius 3 is 2.47 bits per heavy atom. The zero-order valence-electron chi connectivity index (χ0n) is 11.9. The fourth-order valence-electron chi connectivity index (χ4n) is 2.58. The quantitative estimate of drug-likeness (QED) is 0.805. The third kappa shape index (κ3) is 3.93. The number of hydrogen-bond donors (Lipinski definition) is 2. The first-order valence-corrected chi connectivity index (χ1v) is 7.06. The lowest BCUT2D eigenvalue weighted by Gasteiger charge is -2.37. The van der Waals surface area contributed by atoms with E-state index >= 15 is 0 Å². The molecule has 1 atom stereocenters. The Balaban J connectivity index is 1.85. The highest BCUT2D eigenvalue weighted by atomic mass is 16.3. The Hall–Kier alpha value is -1.10. The number of hydrogen-bond acceptors (Lipinski definition) is 4. The van der Waals surface area contributed by atoms with Gasteiger partial charge in [-0.2, -0.15) is 0 Å². The predicted molar refractivity (Wildman–Crippen MR) is 79.0 cm³/mol. The number of rotatable bonds is 4. The highest BCUT2D eigenvalue weighted by molar-refractivity contribution is 5.41. The van der Waals surface area contributed by atoms with Crippen LogP contribution in [0.25, 0.3) is 0 Å². The van der Waals surface area contributed by atoms with Crippen LogP contribution < -0.4 is 5.73 Å². The molecule has 0 radical (unpaired) electrons. The number of aliphatic hydroxyl groups excluding tert-OH is 1. The molecule has 106 valence electrons. The van der Waals surface area contributed by atoms with Crippen LogP contribution in [0.2, 0.25) is 0 Å². The fraction of sp³-hybridized carbons (Fsp3) is 0.600. The van der Waals surface area contributed by atoms with Gasteiger partial charge in [-0.3, -0.25) is 9.80 Å². The lowest BCUT2D eigenvalue weighted by atomic mass is 10.1. The first kappa shape index (κ1) is 14.3. The predicted octanol–water partition coefficient (Wildman–Crippen LogP) is 1.33. The maximum atomic E-state index is 10.3. The summed E-state index contributed by atoms with van der Waals surface area (Å²) in [5, 5.41) is 10.3. The highest BCUT2D eigenvalue weighted by Gasteiger charge is 2.21. The normalized spacial score (nSPS) is 19.8. The average molecular weight is 263 g/mol. The van der Waals surface area contributed by atoms with Crippen molar-refractivity contribution in [3.63, 3.8) is 0 Å². The smallest absolute Gasteiger partial charge is 0.0917 e. The molecule has 1 aliphatic heterocycles. The lowest BCUT2D eigenvalue weighted by Crippen LogP contribution is -2.49. The van der Waals surface area contributed by atoms with Gasteiger partial charge in [0.25, 0.3) is 0 Å². The minimum atomic E-state index is -0.450. The Morgan fingerprint density at radius 2 is 1.89 bits per heavy atom. The van der Waals surface area contributed by atoms with Crippen molar-refractivity contribution in [2.45, 2.75) is 26.0 Å². The number of benzene rings is 1. The molecular weight excluding hydrogens is 238 g/mol. The van der Waals surface area contributed by atoms with Gasteiger partial charge in [0.1, 0.15) is 0 Å². The molecule has 0 amide bonds. The van der Waals surface area contributed by atoms with Crippen molar-refractivity contribution in [3.05, 3.63) is 29.8 Å². The van der Waals surface area contributed by atoms with Gasteiger partial charge in [-0.05, 0) is 31.5 Å². The molecule has 4 nitrogen and oxygen atoms in total. The molecule has 19 heavy (non-hydrogen) atoms. The molecular formula is C15H25N3O. The number of aliphatic hydroxyl groups is 1. The zero-order chi connectivity index (χ0) is 13.8. The van der Waals surface area contributed by atoms with Gasteiger partial charge in [-0.15, -0.1) is 0 Å². The van der Waals surface area contributed by atoms with Gasteiger partial charge in [-0.25, -0.2) is 0 Å². The van der Waals surface area contributed by atoms with E-state index in [1.165, 1.54) is 0 Å². The van der Waals surface area contributed by atoms with E-state index in [0.717, 1.165) is 31.7 Å².